The third-order valence-electron chi connectivity index (χ3n) is 1.52. The fourth-order valence-electron chi connectivity index (χ4n) is 0.871. The summed E-state index contributed by atoms with van der Waals surface area (Å²) >= 11 is 0. The molecule has 0 unspecified atom stereocenters. The Labute approximate surface area is 70.4 Å². The summed E-state index contributed by atoms with van der Waals surface area (Å²) in [5.41, 5.74) is 0. The van der Waals surface area contributed by atoms with Crippen LogP contribution in [0.15, 0.2) is 16.5 Å². The van der Waals surface area contributed by atoms with Crippen LogP contribution in [-0.4, -0.2) is 23.1 Å². The second-order valence-corrected chi connectivity index (χ2v) is 2.65. The summed E-state index contributed by atoms with van der Waals surface area (Å²) in [6.07, 6.45) is -0.955. The summed E-state index contributed by atoms with van der Waals surface area (Å²) in [5, 5.41) is 8.53. The highest BCUT2D eigenvalue weighted by Crippen LogP contribution is 2.08. The summed E-state index contributed by atoms with van der Waals surface area (Å²) < 4.78 is 5.20. The normalized spacial score (nSPS) is 9.83. The molecule has 12 heavy (non-hydrogen) atoms. The maximum absolute atomic E-state index is 10.4. The molecule has 0 aliphatic carbocycles. The minimum atomic E-state index is -0.955. The van der Waals surface area contributed by atoms with Gasteiger partial charge in [-0.15, -0.1) is 0 Å². The first-order valence-electron chi connectivity index (χ1n) is 3.59. The van der Waals surface area contributed by atoms with Gasteiger partial charge in [-0.05, 0) is 19.1 Å². The molecule has 4 heteroatoms. The molecule has 1 aromatic heterocycles. The van der Waals surface area contributed by atoms with Gasteiger partial charge in [-0.1, -0.05) is 0 Å². The summed E-state index contributed by atoms with van der Waals surface area (Å²) in [6.45, 7) is 2.12. The van der Waals surface area contributed by atoms with Crippen LogP contribution in [0.1, 0.15) is 11.5 Å². The first kappa shape index (κ1) is 8.64. The van der Waals surface area contributed by atoms with E-state index in [1.165, 1.54) is 7.05 Å². The van der Waals surface area contributed by atoms with Crippen molar-refractivity contribution in [3.05, 3.63) is 23.7 Å². The van der Waals surface area contributed by atoms with Crippen molar-refractivity contribution in [2.24, 2.45) is 0 Å². The van der Waals surface area contributed by atoms with Crippen LogP contribution in [0.3, 0.4) is 0 Å². The smallest absolute Gasteiger partial charge is 0.407 e. The van der Waals surface area contributed by atoms with Crippen LogP contribution in [0.4, 0.5) is 4.79 Å². The van der Waals surface area contributed by atoms with Gasteiger partial charge >= 0.3 is 6.09 Å². The lowest BCUT2D eigenvalue weighted by molar-refractivity contribution is 0.150. The van der Waals surface area contributed by atoms with Gasteiger partial charge in [0.1, 0.15) is 11.5 Å². The summed E-state index contributed by atoms with van der Waals surface area (Å²) in [5.74, 6) is 1.46. The Balaban J connectivity index is 2.58. The van der Waals surface area contributed by atoms with Gasteiger partial charge in [0.15, 0.2) is 0 Å². The van der Waals surface area contributed by atoms with Crippen molar-refractivity contribution in [3.63, 3.8) is 0 Å². The van der Waals surface area contributed by atoms with Gasteiger partial charge in [0.2, 0.25) is 0 Å². The quantitative estimate of drug-likeness (QED) is 0.733. The molecule has 0 bridgehead atoms. The molecule has 1 amide bonds. The molecule has 0 saturated carbocycles. The molecule has 0 atom stereocenters. The molecule has 0 aromatic carbocycles. The molecule has 0 fully saturated rings. The van der Waals surface area contributed by atoms with Crippen molar-refractivity contribution >= 4 is 6.09 Å². The van der Waals surface area contributed by atoms with Crippen LogP contribution in [0.2, 0.25) is 0 Å². The van der Waals surface area contributed by atoms with Crippen LogP contribution in [0, 0.1) is 6.92 Å². The number of hydrogen-bond acceptors (Lipinski definition) is 2. The first-order chi connectivity index (χ1) is 5.59. The third-order valence-corrected chi connectivity index (χ3v) is 1.52. The van der Waals surface area contributed by atoms with Gasteiger partial charge in [-0.25, -0.2) is 4.79 Å². The lowest BCUT2D eigenvalue weighted by atomic mass is 10.4. The zero-order chi connectivity index (χ0) is 9.14. The topological polar surface area (TPSA) is 53.7 Å². The molecule has 4 nitrogen and oxygen atoms in total. The van der Waals surface area contributed by atoms with Crippen molar-refractivity contribution in [2.45, 2.75) is 13.5 Å². The minimum Gasteiger partial charge on any atom is -0.465 e. The summed E-state index contributed by atoms with van der Waals surface area (Å²) in [7, 11) is 1.50. The molecular formula is C8H11NO3. The number of rotatable bonds is 2. The molecule has 0 aliphatic rings. The number of carbonyl (C=O) groups is 1. The van der Waals surface area contributed by atoms with E-state index in [1.54, 1.807) is 6.07 Å². The lowest BCUT2D eigenvalue weighted by Gasteiger charge is -2.09. The highest BCUT2D eigenvalue weighted by molar-refractivity contribution is 5.64. The zero-order valence-electron chi connectivity index (χ0n) is 7.07. The van der Waals surface area contributed by atoms with Gasteiger partial charge in [0.05, 0.1) is 6.54 Å². The first-order valence-corrected chi connectivity index (χ1v) is 3.59. The molecule has 1 heterocycles. The monoisotopic (exact) mass is 169 g/mol. The van der Waals surface area contributed by atoms with Gasteiger partial charge < -0.3 is 14.4 Å². The van der Waals surface area contributed by atoms with Crippen LogP contribution in [-0.2, 0) is 6.54 Å². The van der Waals surface area contributed by atoms with E-state index in [0.29, 0.717) is 12.3 Å². The van der Waals surface area contributed by atoms with E-state index < -0.39 is 6.09 Å². The molecule has 1 N–H and O–H groups in total. The average molecular weight is 169 g/mol. The number of furan rings is 1. The van der Waals surface area contributed by atoms with Gasteiger partial charge in [0, 0.05) is 7.05 Å². The Bertz CT molecular complexity index is 280. The SMILES string of the molecule is Cc1ccc(CN(C)C(=O)O)o1. The van der Waals surface area contributed by atoms with E-state index >= 15 is 0 Å². The van der Waals surface area contributed by atoms with Crippen molar-refractivity contribution in [3.8, 4) is 0 Å². The number of amides is 1. The molecular weight excluding hydrogens is 158 g/mol. The fourth-order valence-corrected chi connectivity index (χ4v) is 0.871. The Morgan fingerprint density at radius 1 is 1.67 bits per heavy atom. The highest BCUT2D eigenvalue weighted by Gasteiger charge is 2.07. The number of aryl methyl sites for hydroxylation is 1. The predicted molar refractivity (Wildman–Crippen MR) is 42.9 cm³/mol. The predicted octanol–water partition coefficient (Wildman–Crippen LogP) is 1.70. The average Bonchev–Trinajstić information content (AvgIpc) is 2.35. The number of carboxylic acid groups (broad SMARTS) is 1. The Hall–Kier alpha value is -1.45. The van der Waals surface area contributed by atoms with Crippen LogP contribution in [0.25, 0.3) is 0 Å². The zero-order valence-corrected chi connectivity index (χ0v) is 7.07. The van der Waals surface area contributed by atoms with Gasteiger partial charge in [-0.3, -0.25) is 0 Å². The maximum Gasteiger partial charge on any atom is 0.407 e. The fraction of sp³-hybridized carbons (Fsp3) is 0.375. The molecule has 0 saturated heterocycles. The molecule has 1 rings (SSSR count). The van der Waals surface area contributed by atoms with E-state index in [1.807, 2.05) is 13.0 Å². The van der Waals surface area contributed by atoms with Crippen molar-refractivity contribution in [2.75, 3.05) is 7.05 Å². The van der Waals surface area contributed by atoms with Gasteiger partial charge in [0.25, 0.3) is 0 Å². The highest BCUT2D eigenvalue weighted by atomic mass is 16.4. The number of nitrogens with zero attached hydrogens (tertiary/aromatic N) is 1. The van der Waals surface area contributed by atoms with Crippen LogP contribution >= 0.6 is 0 Å². The van der Waals surface area contributed by atoms with Crippen LogP contribution < -0.4 is 0 Å². The standard InChI is InChI=1S/C8H11NO3/c1-6-3-4-7(12-6)5-9(2)8(10)11/h3-4H,5H2,1-2H3,(H,10,11). The van der Waals surface area contributed by atoms with Crippen molar-refractivity contribution in [1.29, 1.82) is 0 Å². The third kappa shape index (κ3) is 2.02. The lowest BCUT2D eigenvalue weighted by Crippen LogP contribution is -2.23. The van der Waals surface area contributed by atoms with E-state index in [4.69, 9.17) is 9.52 Å². The molecule has 0 aliphatic heterocycles. The van der Waals surface area contributed by atoms with E-state index in [9.17, 15) is 4.79 Å². The Kier molecular flexibility index (Phi) is 2.38. The van der Waals surface area contributed by atoms with E-state index in [-0.39, 0.29) is 0 Å². The Morgan fingerprint density at radius 2 is 2.33 bits per heavy atom. The maximum atomic E-state index is 10.4. The molecule has 66 valence electrons. The second kappa shape index (κ2) is 3.30. The number of hydrogen-bond donors (Lipinski definition) is 1. The van der Waals surface area contributed by atoms with E-state index in [0.717, 1.165) is 10.7 Å². The summed E-state index contributed by atoms with van der Waals surface area (Å²) in [4.78, 5) is 11.6. The molecule has 0 radical (unpaired) electrons. The Morgan fingerprint density at radius 3 is 2.75 bits per heavy atom. The molecule has 0 spiro atoms. The minimum absolute atomic E-state index is 0.295. The van der Waals surface area contributed by atoms with Gasteiger partial charge in [-0.2, -0.15) is 0 Å². The van der Waals surface area contributed by atoms with Crippen molar-refractivity contribution < 1.29 is 14.3 Å². The second-order valence-electron chi connectivity index (χ2n) is 2.65. The van der Waals surface area contributed by atoms with Crippen molar-refractivity contribution in [1.82, 2.24) is 4.90 Å². The van der Waals surface area contributed by atoms with E-state index in [2.05, 4.69) is 0 Å². The van der Waals surface area contributed by atoms with Crippen LogP contribution in [0.5, 0.6) is 0 Å². The summed E-state index contributed by atoms with van der Waals surface area (Å²) in [6, 6.07) is 3.58. The largest absolute Gasteiger partial charge is 0.465 e. The molecule has 1 aromatic rings.